The lowest BCUT2D eigenvalue weighted by Crippen LogP contribution is -2.27. The molecule has 0 aliphatic rings. The van der Waals surface area contributed by atoms with E-state index in [1.165, 1.54) is 13.2 Å². The smallest absolute Gasteiger partial charge is 0.165 e. The van der Waals surface area contributed by atoms with Gasteiger partial charge in [0.05, 0.1) is 13.7 Å². The molecule has 0 fully saturated rings. The number of hydrogen-bond donors (Lipinski definition) is 2. The first-order chi connectivity index (χ1) is 7.10. The van der Waals surface area contributed by atoms with Gasteiger partial charge in [-0.25, -0.2) is 8.78 Å². The maximum Gasteiger partial charge on any atom is 0.165 e. The Kier molecular flexibility index (Phi) is 6.25. The Morgan fingerprint density at radius 1 is 1.44 bits per heavy atom. The van der Waals surface area contributed by atoms with E-state index in [1.54, 1.807) is 0 Å². The summed E-state index contributed by atoms with van der Waals surface area (Å²) < 4.78 is 31.2. The second kappa shape index (κ2) is 6.62. The third-order valence-electron chi connectivity index (χ3n) is 2.07. The summed E-state index contributed by atoms with van der Waals surface area (Å²) in [5, 5.41) is 8.74. The molecule has 0 saturated carbocycles. The minimum absolute atomic E-state index is 0. The van der Waals surface area contributed by atoms with Gasteiger partial charge in [-0.05, 0) is 18.6 Å². The summed E-state index contributed by atoms with van der Waals surface area (Å²) in [4.78, 5) is 0. The fourth-order valence-corrected chi connectivity index (χ4v) is 1.28. The van der Waals surface area contributed by atoms with Crippen molar-refractivity contribution in [3.63, 3.8) is 0 Å². The van der Waals surface area contributed by atoms with Gasteiger partial charge in [0.2, 0.25) is 0 Å². The van der Waals surface area contributed by atoms with Crippen molar-refractivity contribution in [3.05, 3.63) is 29.3 Å². The van der Waals surface area contributed by atoms with E-state index in [-0.39, 0.29) is 36.7 Å². The normalized spacial score (nSPS) is 11.8. The van der Waals surface area contributed by atoms with Crippen LogP contribution in [0.25, 0.3) is 0 Å². The second-order valence-corrected chi connectivity index (χ2v) is 3.19. The predicted molar refractivity (Wildman–Crippen MR) is 58.9 cm³/mol. The summed E-state index contributed by atoms with van der Waals surface area (Å²) >= 11 is 0. The molecule has 1 aromatic carbocycles. The summed E-state index contributed by atoms with van der Waals surface area (Å²) in [5.41, 5.74) is 5.51. The maximum atomic E-state index is 13.4. The largest absolute Gasteiger partial charge is 0.496 e. The number of rotatable bonds is 4. The Hall–Kier alpha value is -0.910. The van der Waals surface area contributed by atoms with E-state index in [1.807, 2.05) is 0 Å². The van der Waals surface area contributed by atoms with E-state index < -0.39 is 17.7 Å². The van der Waals surface area contributed by atoms with Crippen LogP contribution >= 0.6 is 12.4 Å². The van der Waals surface area contributed by atoms with Crippen molar-refractivity contribution in [2.45, 2.75) is 12.5 Å². The lowest BCUT2D eigenvalue weighted by atomic mass is 10.0. The van der Waals surface area contributed by atoms with Crippen LogP contribution in [0.15, 0.2) is 12.1 Å². The second-order valence-electron chi connectivity index (χ2n) is 3.19. The van der Waals surface area contributed by atoms with Crippen molar-refractivity contribution in [1.82, 2.24) is 0 Å². The molecule has 1 unspecified atom stereocenters. The molecule has 1 aromatic rings. The van der Waals surface area contributed by atoms with Gasteiger partial charge in [-0.3, -0.25) is 0 Å². The van der Waals surface area contributed by atoms with E-state index in [0.29, 0.717) is 0 Å². The average molecular weight is 254 g/mol. The van der Waals surface area contributed by atoms with Gasteiger partial charge < -0.3 is 15.6 Å². The number of aliphatic hydroxyl groups excluding tert-OH is 1. The molecule has 16 heavy (non-hydrogen) atoms. The zero-order chi connectivity index (χ0) is 11.4. The van der Waals surface area contributed by atoms with Gasteiger partial charge in [-0.2, -0.15) is 0 Å². The summed E-state index contributed by atoms with van der Waals surface area (Å²) in [6.07, 6.45) is 0.0310. The summed E-state index contributed by atoms with van der Waals surface area (Å²) in [6, 6.07) is 1.69. The van der Waals surface area contributed by atoms with Crippen molar-refractivity contribution >= 4 is 12.4 Å². The molecule has 0 aromatic heterocycles. The number of nitrogens with two attached hydrogens (primary N) is 1. The Morgan fingerprint density at radius 3 is 2.56 bits per heavy atom. The summed E-state index contributed by atoms with van der Waals surface area (Å²) in [5.74, 6) is -1.69. The molecule has 0 bridgehead atoms. The monoisotopic (exact) mass is 253 g/mol. The molecule has 6 heteroatoms. The zero-order valence-corrected chi connectivity index (χ0v) is 9.56. The number of aliphatic hydroxyl groups is 1. The quantitative estimate of drug-likeness (QED) is 0.849. The zero-order valence-electron chi connectivity index (χ0n) is 8.74. The van der Waals surface area contributed by atoms with Crippen LogP contribution in [-0.2, 0) is 6.42 Å². The molecule has 0 heterocycles. The Labute approximate surface area is 98.6 Å². The highest BCUT2D eigenvalue weighted by Crippen LogP contribution is 2.24. The molecule has 92 valence electrons. The van der Waals surface area contributed by atoms with Crippen LogP contribution < -0.4 is 10.5 Å². The van der Waals surface area contributed by atoms with Gasteiger partial charge in [0.15, 0.2) is 11.6 Å². The fourth-order valence-electron chi connectivity index (χ4n) is 1.28. The Morgan fingerprint density at radius 2 is 2.06 bits per heavy atom. The topological polar surface area (TPSA) is 55.5 Å². The molecule has 0 spiro atoms. The third-order valence-corrected chi connectivity index (χ3v) is 2.07. The molecule has 1 rings (SSSR count). The molecule has 0 aliphatic carbocycles. The molecular formula is C10H14ClF2NO2. The van der Waals surface area contributed by atoms with E-state index >= 15 is 0 Å². The first-order valence-electron chi connectivity index (χ1n) is 4.47. The van der Waals surface area contributed by atoms with Gasteiger partial charge in [0.1, 0.15) is 5.75 Å². The van der Waals surface area contributed by atoms with Crippen LogP contribution in [0.5, 0.6) is 5.75 Å². The highest BCUT2D eigenvalue weighted by atomic mass is 35.5. The first kappa shape index (κ1) is 15.1. The molecular weight excluding hydrogens is 240 g/mol. The highest BCUT2D eigenvalue weighted by molar-refractivity contribution is 5.85. The van der Waals surface area contributed by atoms with Crippen LogP contribution in [0.1, 0.15) is 5.56 Å². The molecule has 0 aliphatic heterocycles. The van der Waals surface area contributed by atoms with Crippen LogP contribution in [-0.4, -0.2) is 24.9 Å². The van der Waals surface area contributed by atoms with E-state index in [0.717, 1.165) is 6.07 Å². The van der Waals surface area contributed by atoms with E-state index in [2.05, 4.69) is 0 Å². The van der Waals surface area contributed by atoms with Crippen LogP contribution in [0.4, 0.5) is 8.78 Å². The molecule has 3 nitrogen and oxygen atoms in total. The number of benzene rings is 1. The summed E-state index contributed by atoms with van der Waals surface area (Å²) in [7, 11) is 1.36. The minimum atomic E-state index is -0.974. The number of halogens is 3. The van der Waals surface area contributed by atoms with Crippen molar-refractivity contribution in [2.75, 3.05) is 13.7 Å². The van der Waals surface area contributed by atoms with Crippen molar-refractivity contribution < 1.29 is 18.6 Å². The Bertz CT molecular complexity index is 350. The van der Waals surface area contributed by atoms with Crippen LogP contribution in [0.2, 0.25) is 0 Å². The standard InChI is InChI=1S/C10H13F2NO2.ClH/c1-15-9-3-2-8(11)10(12)7(9)4-6(13)5-14;/h2-3,6,14H,4-5,13H2,1H3;1H. The van der Waals surface area contributed by atoms with Crippen molar-refractivity contribution in [3.8, 4) is 5.75 Å². The van der Waals surface area contributed by atoms with Crippen molar-refractivity contribution in [2.24, 2.45) is 5.73 Å². The van der Waals surface area contributed by atoms with E-state index in [9.17, 15) is 8.78 Å². The molecule has 0 amide bonds. The number of methoxy groups -OCH3 is 1. The Balaban J connectivity index is 0.00000225. The van der Waals surface area contributed by atoms with Gasteiger partial charge in [-0.1, -0.05) is 0 Å². The van der Waals surface area contributed by atoms with Gasteiger partial charge >= 0.3 is 0 Å². The maximum absolute atomic E-state index is 13.4. The lowest BCUT2D eigenvalue weighted by Gasteiger charge is -2.13. The molecule has 0 radical (unpaired) electrons. The highest BCUT2D eigenvalue weighted by Gasteiger charge is 2.16. The lowest BCUT2D eigenvalue weighted by molar-refractivity contribution is 0.263. The molecule has 1 atom stereocenters. The van der Waals surface area contributed by atoms with Crippen molar-refractivity contribution in [1.29, 1.82) is 0 Å². The van der Waals surface area contributed by atoms with E-state index in [4.69, 9.17) is 15.6 Å². The predicted octanol–water partition coefficient (Wildman–Crippen LogP) is 1.26. The summed E-state index contributed by atoms with van der Waals surface area (Å²) in [6.45, 7) is -0.293. The number of ether oxygens (including phenoxy) is 1. The molecule has 0 saturated heterocycles. The van der Waals surface area contributed by atoms with Gasteiger partial charge in [0, 0.05) is 11.6 Å². The fraction of sp³-hybridized carbons (Fsp3) is 0.400. The van der Waals surface area contributed by atoms with Crippen LogP contribution in [0, 0.1) is 11.6 Å². The number of hydrogen-bond acceptors (Lipinski definition) is 3. The molecule has 3 N–H and O–H groups in total. The third kappa shape index (κ3) is 3.30. The first-order valence-corrected chi connectivity index (χ1v) is 4.47. The average Bonchev–Trinajstić information content (AvgIpc) is 2.25. The SMILES string of the molecule is COc1ccc(F)c(F)c1CC(N)CO.Cl. The van der Waals surface area contributed by atoms with Crippen LogP contribution in [0.3, 0.4) is 0 Å². The minimum Gasteiger partial charge on any atom is -0.496 e. The van der Waals surface area contributed by atoms with Gasteiger partial charge in [-0.15, -0.1) is 12.4 Å². The van der Waals surface area contributed by atoms with Gasteiger partial charge in [0.25, 0.3) is 0 Å².